The molecule has 0 amide bonds. The van der Waals surface area contributed by atoms with Gasteiger partial charge in [-0.15, -0.1) is 0 Å². The molecule has 0 saturated carbocycles. The van der Waals surface area contributed by atoms with Crippen molar-refractivity contribution in [3.63, 3.8) is 0 Å². The molecule has 1 aromatic rings. The Morgan fingerprint density at radius 3 is 2.90 bits per heavy atom. The fraction of sp³-hybridized carbons (Fsp3) is 0.688. The van der Waals surface area contributed by atoms with Gasteiger partial charge in [-0.1, -0.05) is 6.92 Å². The van der Waals surface area contributed by atoms with E-state index >= 15 is 0 Å². The summed E-state index contributed by atoms with van der Waals surface area (Å²) in [5, 5.41) is 3.32. The van der Waals surface area contributed by atoms with Crippen molar-refractivity contribution in [2.45, 2.75) is 52.2 Å². The average Bonchev–Trinajstić information content (AvgIpc) is 2.45. The highest BCUT2D eigenvalue weighted by Gasteiger charge is 2.26. The van der Waals surface area contributed by atoms with Gasteiger partial charge in [-0.3, -0.25) is 0 Å². The van der Waals surface area contributed by atoms with Crippen LogP contribution in [0, 0.1) is 5.82 Å². The van der Waals surface area contributed by atoms with Crippen molar-refractivity contribution in [3.8, 4) is 0 Å². The lowest BCUT2D eigenvalue weighted by Gasteiger charge is -2.36. The summed E-state index contributed by atoms with van der Waals surface area (Å²) in [7, 11) is 0. The summed E-state index contributed by atoms with van der Waals surface area (Å²) in [4.78, 5) is 6.31. The molecule has 1 N–H and O–H groups in total. The number of hydrogen-bond acceptors (Lipinski definition) is 4. The number of nitrogens with one attached hydrogen (secondary N) is 1. The summed E-state index contributed by atoms with van der Waals surface area (Å²) in [6.07, 6.45) is 2.62. The largest absolute Gasteiger partial charge is 0.377 e. The van der Waals surface area contributed by atoms with Crippen LogP contribution in [-0.2, 0) is 11.3 Å². The van der Waals surface area contributed by atoms with Crippen LogP contribution in [0.25, 0.3) is 0 Å². The van der Waals surface area contributed by atoms with Gasteiger partial charge in [-0.05, 0) is 33.3 Å². The Kier molecular flexibility index (Phi) is 5.17. The van der Waals surface area contributed by atoms with E-state index in [4.69, 9.17) is 4.74 Å². The number of rotatable bonds is 4. The summed E-state index contributed by atoms with van der Waals surface area (Å²) in [6, 6.07) is 1.95. The Morgan fingerprint density at radius 1 is 1.48 bits per heavy atom. The molecule has 1 aliphatic rings. The first kappa shape index (κ1) is 16.2. The summed E-state index contributed by atoms with van der Waals surface area (Å²) in [6.45, 7) is 10.8. The van der Waals surface area contributed by atoms with E-state index in [1.54, 1.807) is 12.3 Å². The molecule has 0 bridgehead atoms. The van der Waals surface area contributed by atoms with Crippen LogP contribution in [0.5, 0.6) is 0 Å². The lowest BCUT2D eigenvalue weighted by molar-refractivity contribution is 0.0921. The number of aromatic nitrogens is 1. The molecule has 1 saturated heterocycles. The highest BCUT2D eigenvalue weighted by atomic mass is 19.1. The van der Waals surface area contributed by atoms with Crippen LogP contribution in [0.15, 0.2) is 12.3 Å². The predicted molar refractivity (Wildman–Crippen MR) is 83.0 cm³/mol. The second kappa shape index (κ2) is 6.71. The lowest BCUT2D eigenvalue weighted by Crippen LogP contribution is -2.46. The van der Waals surface area contributed by atoms with Crippen LogP contribution < -0.4 is 10.2 Å². The van der Waals surface area contributed by atoms with E-state index < -0.39 is 0 Å². The summed E-state index contributed by atoms with van der Waals surface area (Å²) in [5.41, 5.74) is 0.622. The SMILES string of the molecule is CCC1COCCN1c1nccc(CNC(C)(C)C)c1F. The lowest BCUT2D eigenvalue weighted by atomic mass is 10.1. The average molecular weight is 295 g/mol. The van der Waals surface area contributed by atoms with E-state index in [0.717, 1.165) is 6.42 Å². The van der Waals surface area contributed by atoms with E-state index in [0.29, 0.717) is 37.7 Å². The number of pyridine rings is 1. The standard InChI is InChI=1S/C16H26FN3O/c1-5-13-11-21-9-8-20(13)15-14(17)12(6-7-18-15)10-19-16(2,3)4/h6-7,13,19H,5,8-11H2,1-4H3. The van der Waals surface area contributed by atoms with E-state index in [9.17, 15) is 4.39 Å². The number of ether oxygens (including phenoxy) is 1. The molecule has 0 aromatic carbocycles. The molecular weight excluding hydrogens is 269 g/mol. The van der Waals surface area contributed by atoms with Crippen molar-refractivity contribution in [3.05, 3.63) is 23.6 Å². The van der Waals surface area contributed by atoms with Crippen LogP contribution in [0.1, 0.15) is 39.7 Å². The summed E-state index contributed by atoms with van der Waals surface area (Å²) < 4.78 is 20.2. The number of nitrogens with zero attached hydrogens (tertiary/aromatic N) is 2. The monoisotopic (exact) mass is 295 g/mol. The van der Waals surface area contributed by atoms with Crippen molar-refractivity contribution in [1.82, 2.24) is 10.3 Å². The van der Waals surface area contributed by atoms with Gasteiger partial charge in [0.15, 0.2) is 11.6 Å². The Balaban J connectivity index is 2.20. The molecule has 1 fully saturated rings. The molecule has 1 atom stereocenters. The van der Waals surface area contributed by atoms with Crippen molar-refractivity contribution >= 4 is 5.82 Å². The van der Waals surface area contributed by atoms with Gasteiger partial charge in [-0.2, -0.15) is 0 Å². The number of halogens is 1. The Hall–Kier alpha value is -1.20. The zero-order valence-corrected chi connectivity index (χ0v) is 13.4. The first-order valence-corrected chi connectivity index (χ1v) is 7.65. The second-order valence-electron chi connectivity index (χ2n) is 6.54. The molecule has 118 valence electrons. The van der Waals surface area contributed by atoms with Crippen molar-refractivity contribution < 1.29 is 9.13 Å². The van der Waals surface area contributed by atoms with E-state index in [-0.39, 0.29) is 17.4 Å². The van der Waals surface area contributed by atoms with Gasteiger partial charge in [0.05, 0.1) is 19.3 Å². The molecule has 1 unspecified atom stereocenters. The first-order valence-electron chi connectivity index (χ1n) is 7.65. The third kappa shape index (κ3) is 4.14. The fourth-order valence-electron chi connectivity index (χ4n) is 2.44. The normalized spacial score (nSPS) is 19.9. The van der Waals surface area contributed by atoms with Gasteiger partial charge in [0, 0.05) is 30.4 Å². The van der Waals surface area contributed by atoms with Crippen LogP contribution in [-0.4, -0.2) is 36.3 Å². The third-order valence-electron chi connectivity index (χ3n) is 3.73. The van der Waals surface area contributed by atoms with E-state index in [2.05, 4.69) is 38.0 Å². The van der Waals surface area contributed by atoms with Crippen LogP contribution >= 0.6 is 0 Å². The molecule has 5 heteroatoms. The highest BCUT2D eigenvalue weighted by molar-refractivity contribution is 5.44. The Morgan fingerprint density at radius 2 is 2.24 bits per heavy atom. The van der Waals surface area contributed by atoms with Crippen LogP contribution in [0.4, 0.5) is 10.2 Å². The minimum atomic E-state index is -0.213. The van der Waals surface area contributed by atoms with Crippen molar-refractivity contribution in [2.24, 2.45) is 0 Å². The van der Waals surface area contributed by atoms with Gasteiger partial charge in [0.2, 0.25) is 0 Å². The smallest absolute Gasteiger partial charge is 0.170 e. The quantitative estimate of drug-likeness (QED) is 0.927. The van der Waals surface area contributed by atoms with E-state index in [1.807, 2.05) is 4.90 Å². The zero-order valence-electron chi connectivity index (χ0n) is 13.4. The minimum Gasteiger partial charge on any atom is -0.377 e. The maximum absolute atomic E-state index is 14.8. The molecular formula is C16H26FN3O. The van der Waals surface area contributed by atoms with Gasteiger partial charge in [-0.25, -0.2) is 9.37 Å². The molecule has 0 aliphatic carbocycles. The highest BCUT2D eigenvalue weighted by Crippen LogP contribution is 2.24. The molecule has 0 spiro atoms. The molecule has 0 radical (unpaired) electrons. The number of anilines is 1. The topological polar surface area (TPSA) is 37.4 Å². The van der Waals surface area contributed by atoms with Crippen LogP contribution in [0.2, 0.25) is 0 Å². The second-order valence-corrected chi connectivity index (χ2v) is 6.54. The van der Waals surface area contributed by atoms with Gasteiger partial charge in [0.1, 0.15) is 0 Å². The maximum Gasteiger partial charge on any atom is 0.170 e. The minimum absolute atomic E-state index is 0.0409. The van der Waals surface area contributed by atoms with Crippen molar-refractivity contribution in [1.29, 1.82) is 0 Å². The number of hydrogen-bond donors (Lipinski definition) is 1. The van der Waals surface area contributed by atoms with Gasteiger partial charge < -0.3 is 15.0 Å². The maximum atomic E-state index is 14.8. The number of morpholine rings is 1. The molecule has 1 aromatic heterocycles. The third-order valence-corrected chi connectivity index (χ3v) is 3.73. The predicted octanol–water partition coefficient (Wildman–Crippen LogP) is 2.72. The summed E-state index contributed by atoms with van der Waals surface area (Å²) >= 11 is 0. The van der Waals surface area contributed by atoms with Gasteiger partial charge >= 0.3 is 0 Å². The van der Waals surface area contributed by atoms with Crippen LogP contribution in [0.3, 0.4) is 0 Å². The van der Waals surface area contributed by atoms with Crippen molar-refractivity contribution in [2.75, 3.05) is 24.7 Å². The molecule has 1 aliphatic heterocycles. The molecule has 21 heavy (non-hydrogen) atoms. The Bertz CT molecular complexity index is 473. The Labute approximate surface area is 126 Å². The molecule has 2 heterocycles. The zero-order chi connectivity index (χ0) is 15.5. The molecule has 4 nitrogen and oxygen atoms in total. The van der Waals surface area contributed by atoms with E-state index in [1.165, 1.54) is 0 Å². The fourth-order valence-corrected chi connectivity index (χ4v) is 2.44. The summed E-state index contributed by atoms with van der Waals surface area (Å²) in [5.74, 6) is 0.243. The molecule has 2 rings (SSSR count). The van der Waals surface area contributed by atoms with Gasteiger partial charge in [0.25, 0.3) is 0 Å². The first-order chi connectivity index (χ1) is 9.92.